The molecule has 0 spiro atoms. The zero-order valence-electron chi connectivity index (χ0n) is 10.6. The summed E-state index contributed by atoms with van der Waals surface area (Å²) in [4.78, 5) is 0. The van der Waals surface area contributed by atoms with Crippen LogP contribution in [0.3, 0.4) is 0 Å². The lowest BCUT2D eigenvalue weighted by Crippen LogP contribution is -2.14. The van der Waals surface area contributed by atoms with Crippen molar-refractivity contribution >= 4 is 27.5 Å². The number of hydrogen-bond acceptors (Lipinski definition) is 2. The normalized spacial score (nSPS) is 12.7. The summed E-state index contributed by atoms with van der Waals surface area (Å²) in [5.74, 6) is -0.303. The van der Waals surface area contributed by atoms with Crippen LogP contribution in [0.5, 0.6) is 0 Å². The van der Waals surface area contributed by atoms with Gasteiger partial charge in [0.15, 0.2) is 0 Å². The third kappa shape index (κ3) is 2.99. The maximum absolute atomic E-state index is 13.3. The Bertz CT molecular complexity index is 612. The van der Waals surface area contributed by atoms with Crippen molar-refractivity contribution in [2.75, 3.05) is 0 Å². The summed E-state index contributed by atoms with van der Waals surface area (Å²) in [6.07, 6.45) is 0.514. The Labute approximate surface area is 124 Å². The van der Waals surface area contributed by atoms with Gasteiger partial charge in [-0.2, -0.15) is 5.10 Å². The van der Waals surface area contributed by atoms with E-state index < -0.39 is 0 Å². The fourth-order valence-corrected chi connectivity index (χ4v) is 2.83. The Balaban J connectivity index is 2.30. The smallest absolute Gasteiger partial charge is 0.130 e. The fraction of sp³-hybridized carbons (Fsp3) is 0.308. The van der Waals surface area contributed by atoms with Gasteiger partial charge in [0.05, 0.1) is 5.69 Å². The van der Waals surface area contributed by atoms with E-state index in [1.165, 1.54) is 12.1 Å². The van der Waals surface area contributed by atoms with E-state index in [4.69, 9.17) is 17.3 Å². The van der Waals surface area contributed by atoms with Gasteiger partial charge in [-0.05, 0) is 37.1 Å². The summed E-state index contributed by atoms with van der Waals surface area (Å²) in [6.45, 7) is 1.88. The van der Waals surface area contributed by atoms with Crippen LogP contribution < -0.4 is 5.73 Å². The lowest BCUT2D eigenvalue weighted by Gasteiger charge is -2.14. The molecule has 6 heteroatoms. The molecular formula is C13H14BrClFN3. The Kier molecular flexibility index (Phi) is 4.28. The molecule has 0 radical (unpaired) electrons. The lowest BCUT2D eigenvalue weighted by atomic mass is 10.00. The number of nitrogens with zero attached hydrogens (tertiary/aromatic N) is 2. The maximum atomic E-state index is 13.3. The number of nitrogens with two attached hydrogens (primary N) is 1. The Morgan fingerprint density at radius 2 is 2.21 bits per heavy atom. The van der Waals surface area contributed by atoms with E-state index >= 15 is 0 Å². The van der Waals surface area contributed by atoms with Gasteiger partial charge in [0, 0.05) is 23.1 Å². The molecule has 1 heterocycles. The molecule has 0 amide bonds. The number of rotatable bonds is 3. The molecule has 0 aliphatic rings. The highest BCUT2D eigenvalue weighted by Crippen LogP contribution is 2.28. The molecule has 1 aromatic heterocycles. The molecule has 0 saturated heterocycles. The molecule has 1 unspecified atom stereocenters. The van der Waals surface area contributed by atoms with E-state index in [9.17, 15) is 4.39 Å². The van der Waals surface area contributed by atoms with Crippen LogP contribution in [0, 0.1) is 12.7 Å². The third-order valence-electron chi connectivity index (χ3n) is 3.05. The van der Waals surface area contributed by atoms with Crippen LogP contribution in [0.25, 0.3) is 0 Å². The number of aromatic nitrogens is 2. The van der Waals surface area contributed by atoms with Gasteiger partial charge >= 0.3 is 0 Å². The fourth-order valence-electron chi connectivity index (χ4n) is 2.03. The molecule has 0 fully saturated rings. The topological polar surface area (TPSA) is 43.8 Å². The van der Waals surface area contributed by atoms with Gasteiger partial charge in [0.2, 0.25) is 0 Å². The monoisotopic (exact) mass is 345 g/mol. The summed E-state index contributed by atoms with van der Waals surface area (Å²) >= 11 is 9.56. The van der Waals surface area contributed by atoms with Crippen molar-refractivity contribution in [3.63, 3.8) is 0 Å². The van der Waals surface area contributed by atoms with E-state index in [0.29, 0.717) is 11.6 Å². The molecule has 0 aliphatic heterocycles. The minimum Gasteiger partial charge on any atom is -0.324 e. The average molecular weight is 347 g/mol. The summed E-state index contributed by atoms with van der Waals surface area (Å²) in [7, 11) is 1.78. The molecule has 1 aromatic carbocycles. The van der Waals surface area contributed by atoms with Crippen LogP contribution in [0.1, 0.15) is 22.9 Å². The quantitative estimate of drug-likeness (QED) is 0.924. The summed E-state index contributed by atoms with van der Waals surface area (Å²) < 4.78 is 15.7. The molecule has 102 valence electrons. The molecule has 1 atom stereocenters. The van der Waals surface area contributed by atoms with Crippen LogP contribution in [0.2, 0.25) is 5.15 Å². The molecule has 0 bridgehead atoms. The van der Waals surface area contributed by atoms with Gasteiger partial charge in [-0.1, -0.05) is 27.5 Å². The van der Waals surface area contributed by atoms with E-state index in [1.807, 2.05) is 6.92 Å². The second kappa shape index (κ2) is 5.61. The first-order valence-corrected chi connectivity index (χ1v) is 6.95. The van der Waals surface area contributed by atoms with E-state index in [0.717, 1.165) is 21.3 Å². The maximum Gasteiger partial charge on any atom is 0.130 e. The highest BCUT2D eigenvalue weighted by atomic mass is 79.9. The van der Waals surface area contributed by atoms with Crippen LogP contribution in [0.4, 0.5) is 4.39 Å². The van der Waals surface area contributed by atoms with Gasteiger partial charge in [-0.15, -0.1) is 0 Å². The minimum absolute atomic E-state index is 0.303. The Morgan fingerprint density at radius 1 is 1.53 bits per heavy atom. The summed E-state index contributed by atoms with van der Waals surface area (Å²) in [5, 5.41) is 4.81. The minimum atomic E-state index is -0.342. The second-order valence-electron chi connectivity index (χ2n) is 4.45. The SMILES string of the molecule is Cc1nn(C)c(Cl)c1CC(N)c1cc(F)ccc1Br. The highest BCUT2D eigenvalue weighted by Gasteiger charge is 2.17. The van der Waals surface area contributed by atoms with E-state index in [-0.39, 0.29) is 11.9 Å². The molecule has 2 rings (SSSR count). The molecular weight excluding hydrogens is 333 g/mol. The molecule has 3 nitrogen and oxygen atoms in total. The number of halogens is 3. The van der Waals surface area contributed by atoms with Gasteiger partial charge in [0.1, 0.15) is 11.0 Å². The highest BCUT2D eigenvalue weighted by molar-refractivity contribution is 9.10. The van der Waals surface area contributed by atoms with Crippen molar-refractivity contribution in [2.45, 2.75) is 19.4 Å². The zero-order chi connectivity index (χ0) is 14.2. The number of aryl methyl sites for hydroxylation is 2. The van der Waals surface area contributed by atoms with Crippen molar-refractivity contribution in [1.29, 1.82) is 0 Å². The Morgan fingerprint density at radius 3 is 2.79 bits per heavy atom. The summed E-state index contributed by atoms with van der Waals surface area (Å²) in [6, 6.07) is 4.14. The van der Waals surface area contributed by atoms with Gasteiger partial charge < -0.3 is 5.73 Å². The Hall–Kier alpha value is -0.910. The first-order chi connectivity index (χ1) is 8.90. The molecule has 0 saturated carbocycles. The standard InChI is InChI=1S/C13H14BrClFN3/c1-7-9(13(15)19(2)18-7)6-12(17)10-5-8(16)3-4-11(10)14/h3-5,12H,6,17H2,1-2H3. The molecule has 2 aromatic rings. The van der Waals surface area contributed by atoms with Gasteiger partial charge in [-0.25, -0.2) is 4.39 Å². The molecule has 19 heavy (non-hydrogen) atoms. The summed E-state index contributed by atoms with van der Waals surface area (Å²) in [5.41, 5.74) is 8.61. The van der Waals surface area contributed by atoms with Crippen molar-refractivity contribution in [3.8, 4) is 0 Å². The van der Waals surface area contributed by atoms with E-state index in [2.05, 4.69) is 21.0 Å². The largest absolute Gasteiger partial charge is 0.324 e. The number of hydrogen-bond donors (Lipinski definition) is 1. The predicted molar refractivity (Wildman–Crippen MR) is 77.7 cm³/mol. The van der Waals surface area contributed by atoms with Crippen molar-refractivity contribution < 1.29 is 4.39 Å². The van der Waals surface area contributed by atoms with Crippen molar-refractivity contribution in [1.82, 2.24) is 9.78 Å². The van der Waals surface area contributed by atoms with Crippen molar-refractivity contribution in [2.24, 2.45) is 12.8 Å². The predicted octanol–water partition coefficient (Wildman–Crippen LogP) is 3.53. The first-order valence-electron chi connectivity index (χ1n) is 5.78. The first kappa shape index (κ1) is 14.5. The van der Waals surface area contributed by atoms with Gasteiger partial charge in [-0.3, -0.25) is 4.68 Å². The number of benzene rings is 1. The lowest BCUT2D eigenvalue weighted by molar-refractivity contribution is 0.617. The van der Waals surface area contributed by atoms with Crippen molar-refractivity contribution in [3.05, 3.63) is 50.5 Å². The van der Waals surface area contributed by atoms with Gasteiger partial charge in [0.25, 0.3) is 0 Å². The van der Waals surface area contributed by atoms with Crippen LogP contribution >= 0.6 is 27.5 Å². The third-order valence-corrected chi connectivity index (χ3v) is 4.25. The van der Waals surface area contributed by atoms with E-state index in [1.54, 1.807) is 17.8 Å². The second-order valence-corrected chi connectivity index (χ2v) is 5.67. The molecule has 0 aliphatic carbocycles. The van der Waals surface area contributed by atoms with Crippen LogP contribution in [-0.2, 0) is 13.5 Å². The molecule has 2 N–H and O–H groups in total. The van der Waals surface area contributed by atoms with Crippen LogP contribution in [0.15, 0.2) is 22.7 Å². The van der Waals surface area contributed by atoms with Crippen LogP contribution in [-0.4, -0.2) is 9.78 Å². The zero-order valence-corrected chi connectivity index (χ0v) is 13.0. The average Bonchev–Trinajstić information content (AvgIpc) is 2.59.